The van der Waals surface area contributed by atoms with Gasteiger partial charge in [-0.05, 0) is 19.2 Å². The van der Waals surface area contributed by atoms with Crippen LogP contribution in [0.25, 0.3) is 0 Å². The molecule has 1 aliphatic heterocycles. The topological polar surface area (TPSA) is 73.0 Å². The van der Waals surface area contributed by atoms with Crippen LogP contribution < -0.4 is 27.2 Å². The Hall–Kier alpha value is -1.05. The molecule has 0 radical (unpaired) electrons. The van der Waals surface area contributed by atoms with Crippen molar-refractivity contribution in [2.45, 2.75) is 12.2 Å². The molecule has 1 unspecified atom stereocenters. The van der Waals surface area contributed by atoms with E-state index in [0.717, 1.165) is 5.69 Å². The van der Waals surface area contributed by atoms with Gasteiger partial charge in [0.05, 0.1) is 11.7 Å². The SMILES string of the molecule is CNC(c1ccccn1)C1NNNN1. The van der Waals surface area contributed by atoms with Gasteiger partial charge in [0.25, 0.3) is 0 Å². The van der Waals surface area contributed by atoms with Gasteiger partial charge in [-0.2, -0.15) is 11.1 Å². The number of nitrogens with one attached hydrogen (secondary N) is 5. The van der Waals surface area contributed by atoms with E-state index in [9.17, 15) is 0 Å². The molecule has 1 fully saturated rings. The van der Waals surface area contributed by atoms with E-state index < -0.39 is 0 Å². The van der Waals surface area contributed by atoms with Crippen LogP contribution in [-0.4, -0.2) is 18.2 Å². The van der Waals surface area contributed by atoms with E-state index in [-0.39, 0.29) is 12.2 Å². The fourth-order valence-corrected chi connectivity index (χ4v) is 1.48. The first kappa shape index (κ1) is 9.50. The van der Waals surface area contributed by atoms with Gasteiger partial charge in [-0.15, -0.1) is 0 Å². The van der Waals surface area contributed by atoms with Crippen molar-refractivity contribution in [2.24, 2.45) is 0 Å². The lowest BCUT2D eigenvalue weighted by molar-refractivity contribution is 0.386. The van der Waals surface area contributed by atoms with Crippen molar-refractivity contribution in [2.75, 3.05) is 7.05 Å². The minimum atomic E-state index is 0.0647. The van der Waals surface area contributed by atoms with Gasteiger partial charge in [-0.3, -0.25) is 4.98 Å². The van der Waals surface area contributed by atoms with Gasteiger partial charge in [-0.1, -0.05) is 6.07 Å². The van der Waals surface area contributed by atoms with Crippen molar-refractivity contribution in [3.63, 3.8) is 0 Å². The molecular weight excluding hydrogens is 180 g/mol. The van der Waals surface area contributed by atoms with Crippen molar-refractivity contribution >= 4 is 0 Å². The number of pyridine rings is 1. The van der Waals surface area contributed by atoms with E-state index in [1.165, 1.54) is 0 Å². The molecule has 6 heteroatoms. The number of hydrogen-bond acceptors (Lipinski definition) is 6. The quantitative estimate of drug-likeness (QED) is 0.416. The Morgan fingerprint density at radius 2 is 2.14 bits per heavy atom. The predicted molar refractivity (Wildman–Crippen MR) is 52.4 cm³/mol. The van der Waals surface area contributed by atoms with E-state index in [2.05, 4.69) is 32.2 Å². The van der Waals surface area contributed by atoms with Crippen molar-refractivity contribution in [3.8, 4) is 0 Å². The third-order valence-electron chi connectivity index (χ3n) is 2.17. The molecule has 76 valence electrons. The Morgan fingerprint density at radius 1 is 1.36 bits per heavy atom. The van der Waals surface area contributed by atoms with Gasteiger partial charge >= 0.3 is 0 Å². The van der Waals surface area contributed by atoms with Crippen LogP contribution in [0, 0.1) is 0 Å². The lowest BCUT2D eigenvalue weighted by Crippen LogP contribution is -2.45. The monoisotopic (exact) mass is 194 g/mol. The molecule has 6 nitrogen and oxygen atoms in total. The number of hydrazine groups is 3. The number of aromatic nitrogens is 1. The largest absolute Gasteiger partial charge is 0.309 e. The molecule has 0 bridgehead atoms. The van der Waals surface area contributed by atoms with Gasteiger partial charge in [0.15, 0.2) is 0 Å². The van der Waals surface area contributed by atoms with Crippen LogP contribution in [0.1, 0.15) is 11.7 Å². The smallest absolute Gasteiger partial charge is 0.107 e. The summed E-state index contributed by atoms with van der Waals surface area (Å²) in [6.45, 7) is 0. The molecule has 14 heavy (non-hydrogen) atoms. The average molecular weight is 194 g/mol. The Kier molecular flexibility index (Phi) is 3.02. The average Bonchev–Trinajstić information content (AvgIpc) is 2.74. The van der Waals surface area contributed by atoms with Gasteiger partial charge in [0, 0.05) is 6.20 Å². The molecule has 0 aliphatic carbocycles. The minimum Gasteiger partial charge on any atom is -0.309 e. The van der Waals surface area contributed by atoms with Crippen molar-refractivity contribution < 1.29 is 0 Å². The summed E-state index contributed by atoms with van der Waals surface area (Å²) >= 11 is 0. The molecule has 1 aromatic heterocycles. The maximum absolute atomic E-state index is 4.30. The highest BCUT2D eigenvalue weighted by atomic mass is 15.8. The zero-order chi connectivity index (χ0) is 9.80. The highest BCUT2D eigenvalue weighted by Crippen LogP contribution is 2.11. The van der Waals surface area contributed by atoms with Crippen LogP contribution in [0.3, 0.4) is 0 Å². The predicted octanol–water partition coefficient (Wildman–Crippen LogP) is -1.21. The summed E-state index contributed by atoms with van der Waals surface area (Å²) in [4.78, 5) is 4.30. The van der Waals surface area contributed by atoms with Gasteiger partial charge in [-0.25, -0.2) is 10.9 Å². The first-order chi connectivity index (χ1) is 6.92. The molecule has 0 amide bonds. The maximum Gasteiger partial charge on any atom is 0.107 e. The van der Waals surface area contributed by atoms with Crippen LogP contribution >= 0.6 is 0 Å². The summed E-state index contributed by atoms with van der Waals surface area (Å²) in [7, 11) is 1.90. The summed E-state index contributed by atoms with van der Waals surface area (Å²) in [6.07, 6.45) is 1.85. The molecule has 0 aromatic carbocycles. The second kappa shape index (κ2) is 4.45. The third kappa shape index (κ3) is 1.89. The van der Waals surface area contributed by atoms with E-state index in [4.69, 9.17) is 0 Å². The summed E-state index contributed by atoms with van der Waals surface area (Å²) in [5, 5.41) is 3.19. The minimum absolute atomic E-state index is 0.0647. The lowest BCUT2D eigenvalue weighted by atomic mass is 10.1. The van der Waals surface area contributed by atoms with Gasteiger partial charge < -0.3 is 5.32 Å². The van der Waals surface area contributed by atoms with Crippen LogP contribution in [0.4, 0.5) is 0 Å². The molecule has 0 saturated carbocycles. The lowest BCUT2D eigenvalue weighted by Gasteiger charge is -2.21. The molecule has 1 aromatic rings. The highest BCUT2D eigenvalue weighted by molar-refractivity contribution is 5.10. The normalized spacial score (nSPS) is 19.8. The first-order valence-electron chi connectivity index (χ1n) is 4.51. The van der Waals surface area contributed by atoms with Crippen LogP contribution in [0.5, 0.6) is 0 Å². The summed E-state index contributed by atoms with van der Waals surface area (Å²) in [6, 6.07) is 5.98. The molecule has 2 heterocycles. The highest BCUT2D eigenvalue weighted by Gasteiger charge is 2.24. The van der Waals surface area contributed by atoms with Crippen molar-refractivity contribution in [3.05, 3.63) is 30.1 Å². The third-order valence-corrected chi connectivity index (χ3v) is 2.17. The fourth-order valence-electron chi connectivity index (χ4n) is 1.48. The summed E-state index contributed by atoms with van der Waals surface area (Å²) in [5.74, 6) is 0. The summed E-state index contributed by atoms with van der Waals surface area (Å²) < 4.78 is 0. The van der Waals surface area contributed by atoms with Crippen molar-refractivity contribution in [1.29, 1.82) is 0 Å². The molecule has 1 aliphatic rings. The Balaban J connectivity index is 2.12. The Morgan fingerprint density at radius 3 is 2.71 bits per heavy atom. The zero-order valence-corrected chi connectivity index (χ0v) is 7.91. The van der Waals surface area contributed by atoms with E-state index in [1.54, 1.807) is 6.20 Å². The van der Waals surface area contributed by atoms with Crippen LogP contribution in [-0.2, 0) is 0 Å². The zero-order valence-electron chi connectivity index (χ0n) is 7.91. The second-order valence-electron chi connectivity index (χ2n) is 3.04. The summed E-state index contributed by atoms with van der Waals surface area (Å²) in [5.41, 5.74) is 12.6. The maximum atomic E-state index is 4.30. The second-order valence-corrected chi connectivity index (χ2v) is 3.04. The van der Waals surface area contributed by atoms with E-state index in [0.29, 0.717) is 0 Å². The standard InChI is InChI=1S/C8H14N6/c1-9-7(8-11-13-14-12-8)6-4-2-3-5-10-6/h2-5,7-9,11-14H,1H3. The number of hydrogen-bond donors (Lipinski definition) is 5. The van der Waals surface area contributed by atoms with E-state index >= 15 is 0 Å². The molecular formula is C8H14N6. The Labute approximate surface area is 82.4 Å². The molecule has 5 N–H and O–H groups in total. The van der Waals surface area contributed by atoms with Crippen LogP contribution in [0.15, 0.2) is 24.4 Å². The molecule has 2 rings (SSSR count). The molecule has 0 spiro atoms. The first-order valence-corrected chi connectivity index (χ1v) is 4.51. The van der Waals surface area contributed by atoms with Gasteiger partial charge in [0.1, 0.15) is 6.17 Å². The number of likely N-dealkylation sites (N-methyl/N-ethyl adjacent to an activating group) is 1. The molecule has 1 atom stereocenters. The fraction of sp³-hybridized carbons (Fsp3) is 0.375. The van der Waals surface area contributed by atoms with Gasteiger partial charge in [0.2, 0.25) is 0 Å². The number of nitrogens with zero attached hydrogens (tertiary/aromatic N) is 1. The number of rotatable bonds is 3. The Bertz CT molecular complexity index is 270. The molecule has 1 saturated heterocycles. The van der Waals surface area contributed by atoms with E-state index in [1.807, 2.05) is 25.2 Å². The van der Waals surface area contributed by atoms with Crippen molar-refractivity contribution in [1.82, 2.24) is 32.2 Å². The van der Waals surface area contributed by atoms with Crippen LogP contribution in [0.2, 0.25) is 0 Å².